The van der Waals surface area contributed by atoms with E-state index < -0.39 is 12.0 Å². The van der Waals surface area contributed by atoms with Crippen molar-refractivity contribution in [3.63, 3.8) is 0 Å². The van der Waals surface area contributed by atoms with Gasteiger partial charge in [-0.2, -0.15) is 5.10 Å². The maximum atomic E-state index is 10.9. The van der Waals surface area contributed by atoms with Gasteiger partial charge in [0.2, 0.25) is 0 Å². The highest BCUT2D eigenvalue weighted by Crippen LogP contribution is 2.23. The van der Waals surface area contributed by atoms with E-state index in [9.17, 15) is 4.79 Å². The zero-order valence-corrected chi connectivity index (χ0v) is 11.7. The van der Waals surface area contributed by atoms with Gasteiger partial charge in [0.15, 0.2) is 0 Å². The summed E-state index contributed by atoms with van der Waals surface area (Å²) in [5.74, 6) is -0.999. The van der Waals surface area contributed by atoms with Crippen LogP contribution in [0.3, 0.4) is 0 Å². The van der Waals surface area contributed by atoms with E-state index in [0.717, 1.165) is 23.2 Å². The van der Waals surface area contributed by atoms with Crippen LogP contribution in [-0.2, 0) is 24.7 Å². The van der Waals surface area contributed by atoms with Gasteiger partial charge in [-0.1, -0.05) is 31.2 Å². The molecular formula is C15H19N3O2. The van der Waals surface area contributed by atoms with Gasteiger partial charge >= 0.3 is 5.97 Å². The number of aryl methyl sites for hydroxylation is 2. The second-order valence-corrected chi connectivity index (χ2v) is 4.88. The molecule has 1 aromatic heterocycles. The quantitative estimate of drug-likeness (QED) is 0.867. The monoisotopic (exact) mass is 273 g/mol. The number of aliphatic carboxylic acids is 1. The number of benzene rings is 1. The fourth-order valence-corrected chi connectivity index (χ4v) is 2.15. The van der Waals surface area contributed by atoms with E-state index in [1.165, 1.54) is 5.56 Å². The lowest BCUT2D eigenvalue weighted by molar-refractivity contribution is -0.138. The highest BCUT2D eigenvalue weighted by molar-refractivity contribution is 5.74. The molecule has 0 amide bonds. The maximum Gasteiger partial charge on any atom is 0.320 e. The number of nitrogens with zero attached hydrogens (tertiary/aromatic N) is 2. The molecule has 2 rings (SSSR count). The van der Waals surface area contributed by atoms with Crippen molar-refractivity contribution >= 4 is 5.97 Å². The van der Waals surface area contributed by atoms with Gasteiger partial charge in [0, 0.05) is 30.8 Å². The number of rotatable bonds is 5. The van der Waals surface area contributed by atoms with Crippen LogP contribution in [0.15, 0.2) is 30.5 Å². The van der Waals surface area contributed by atoms with Crippen molar-refractivity contribution < 1.29 is 9.90 Å². The van der Waals surface area contributed by atoms with Crippen molar-refractivity contribution in [2.45, 2.75) is 25.8 Å². The van der Waals surface area contributed by atoms with E-state index in [4.69, 9.17) is 10.8 Å². The summed E-state index contributed by atoms with van der Waals surface area (Å²) in [5.41, 5.74) is 9.50. The predicted octanol–water partition coefficient (Wildman–Crippen LogP) is 1.60. The second kappa shape index (κ2) is 5.88. The smallest absolute Gasteiger partial charge is 0.320 e. The molecule has 2 aromatic rings. The highest BCUT2D eigenvalue weighted by Gasteiger charge is 2.17. The minimum absolute atomic E-state index is 0.272. The first-order chi connectivity index (χ1) is 9.51. The van der Waals surface area contributed by atoms with Crippen LogP contribution < -0.4 is 5.73 Å². The maximum absolute atomic E-state index is 10.9. The normalized spacial score (nSPS) is 12.3. The van der Waals surface area contributed by atoms with Crippen LogP contribution in [0.1, 0.15) is 18.1 Å². The number of nitrogens with two attached hydrogens (primary N) is 1. The summed E-state index contributed by atoms with van der Waals surface area (Å²) >= 11 is 0. The molecule has 3 N–H and O–H groups in total. The third-order valence-electron chi connectivity index (χ3n) is 3.30. The third-order valence-corrected chi connectivity index (χ3v) is 3.30. The molecule has 1 atom stereocenters. The van der Waals surface area contributed by atoms with Gasteiger partial charge in [-0.15, -0.1) is 0 Å². The molecule has 1 aromatic carbocycles. The Hall–Kier alpha value is -2.14. The van der Waals surface area contributed by atoms with Crippen LogP contribution in [0.25, 0.3) is 11.3 Å². The van der Waals surface area contributed by atoms with Crippen molar-refractivity contribution in [2.24, 2.45) is 12.8 Å². The molecule has 0 saturated heterocycles. The molecule has 0 aliphatic rings. The topological polar surface area (TPSA) is 81.1 Å². The standard InChI is InChI=1S/C15H19N3O2/c1-3-10-4-6-11(7-5-10)14-12(9-18(2)17-14)8-13(16)15(19)20/h4-7,9,13H,3,8,16H2,1-2H3,(H,19,20). The average Bonchev–Trinajstić information content (AvgIpc) is 2.79. The highest BCUT2D eigenvalue weighted by atomic mass is 16.4. The van der Waals surface area contributed by atoms with Gasteiger partial charge in [0.1, 0.15) is 6.04 Å². The minimum Gasteiger partial charge on any atom is -0.480 e. The van der Waals surface area contributed by atoms with Crippen LogP contribution in [-0.4, -0.2) is 26.9 Å². The van der Waals surface area contributed by atoms with E-state index >= 15 is 0 Å². The molecular weight excluding hydrogens is 254 g/mol. The van der Waals surface area contributed by atoms with E-state index in [2.05, 4.69) is 24.2 Å². The molecule has 0 spiro atoms. The van der Waals surface area contributed by atoms with E-state index in [1.54, 1.807) is 4.68 Å². The Labute approximate surface area is 118 Å². The summed E-state index contributed by atoms with van der Waals surface area (Å²) in [6, 6.07) is 7.23. The first kappa shape index (κ1) is 14.3. The number of aromatic nitrogens is 2. The Morgan fingerprint density at radius 3 is 2.60 bits per heavy atom. The largest absolute Gasteiger partial charge is 0.480 e. The van der Waals surface area contributed by atoms with Gasteiger partial charge in [-0.25, -0.2) is 0 Å². The van der Waals surface area contributed by atoms with Gasteiger partial charge in [0.25, 0.3) is 0 Å². The second-order valence-electron chi connectivity index (χ2n) is 4.88. The third kappa shape index (κ3) is 3.05. The first-order valence-corrected chi connectivity index (χ1v) is 6.61. The van der Waals surface area contributed by atoms with Gasteiger partial charge in [-0.3, -0.25) is 9.48 Å². The van der Waals surface area contributed by atoms with E-state index in [1.807, 2.05) is 25.4 Å². The van der Waals surface area contributed by atoms with E-state index in [0.29, 0.717) is 0 Å². The number of carbonyl (C=O) groups is 1. The summed E-state index contributed by atoms with van der Waals surface area (Å²) in [4.78, 5) is 10.9. The average molecular weight is 273 g/mol. The molecule has 0 bridgehead atoms. The summed E-state index contributed by atoms with van der Waals surface area (Å²) in [7, 11) is 1.82. The number of carboxylic acids is 1. The molecule has 5 heteroatoms. The summed E-state index contributed by atoms with van der Waals surface area (Å²) in [6.07, 6.45) is 3.08. The fourth-order valence-electron chi connectivity index (χ4n) is 2.15. The molecule has 0 aliphatic carbocycles. The fraction of sp³-hybridized carbons (Fsp3) is 0.333. The van der Waals surface area contributed by atoms with Crippen molar-refractivity contribution in [1.29, 1.82) is 0 Å². The van der Waals surface area contributed by atoms with Crippen LogP contribution in [0.5, 0.6) is 0 Å². The Morgan fingerprint density at radius 1 is 1.40 bits per heavy atom. The molecule has 1 heterocycles. The Morgan fingerprint density at radius 2 is 2.05 bits per heavy atom. The van der Waals surface area contributed by atoms with Gasteiger partial charge in [-0.05, 0) is 12.0 Å². The zero-order chi connectivity index (χ0) is 14.7. The summed E-state index contributed by atoms with van der Waals surface area (Å²) in [5, 5.41) is 13.3. The molecule has 106 valence electrons. The molecule has 0 saturated carbocycles. The number of carboxylic acid groups (broad SMARTS) is 1. The predicted molar refractivity (Wildman–Crippen MR) is 77.3 cm³/mol. The Balaban J connectivity index is 2.33. The lowest BCUT2D eigenvalue weighted by Gasteiger charge is -2.07. The molecule has 0 fully saturated rings. The Bertz CT molecular complexity index is 602. The van der Waals surface area contributed by atoms with Crippen molar-refractivity contribution in [1.82, 2.24) is 9.78 Å². The molecule has 0 radical (unpaired) electrons. The van der Waals surface area contributed by atoms with Crippen LogP contribution in [0.4, 0.5) is 0 Å². The van der Waals surface area contributed by atoms with Crippen molar-refractivity contribution in [3.05, 3.63) is 41.6 Å². The zero-order valence-electron chi connectivity index (χ0n) is 11.7. The summed E-state index contributed by atoms with van der Waals surface area (Å²) in [6.45, 7) is 2.10. The lowest BCUT2D eigenvalue weighted by Crippen LogP contribution is -2.32. The molecule has 0 aliphatic heterocycles. The lowest BCUT2D eigenvalue weighted by atomic mass is 10.0. The Kier molecular flexibility index (Phi) is 4.20. The van der Waals surface area contributed by atoms with Crippen LogP contribution in [0.2, 0.25) is 0 Å². The molecule has 20 heavy (non-hydrogen) atoms. The van der Waals surface area contributed by atoms with Gasteiger partial charge < -0.3 is 10.8 Å². The first-order valence-electron chi connectivity index (χ1n) is 6.61. The molecule has 5 nitrogen and oxygen atoms in total. The van der Waals surface area contributed by atoms with Crippen molar-refractivity contribution in [3.8, 4) is 11.3 Å². The van der Waals surface area contributed by atoms with Crippen LogP contribution >= 0.6 is 0 Å². The number of hydrogen-bond acceptors (Lipinski definition) is 3. The van der Waals surface area contributed by atoms with E-state index in [-0.39, 0.29) is 6.42 Å². The SMILES string of the molecule is CCc1ccc(-c2nn(C)cc2CC(N)C(=O)O)cc1. The van der Waals surface area contributed by atoms with Crippen LogP contribution in [0, 0.1) is 0 Å². The summed E-state index contributed by atoms with van der Waals surface area (Å²) < 4.78 is 1.69. The molecule has 1 unspecified atom stereocenters. The minimum atomic E-state index is -0.999. The van der Waals surface area contributed by atoms with Crippen molar-refractivity contribution in [2.75, 3.05) is 0 Å². The number of hydrogen-bond donors (Lipinski definition) is 2. The van der Waals surface area contributed by atoms with Gasteiger partial charge in [0.05, 0.1) is 5.69 Å².